The Hall–Kier alpha value is -3.11. The molecule has 7 heteroatoms. The van der Waals surface area contributed by atoms with E-state index in [1.54, 1.807) is 6.07 Å². The molecule has 160 valence electrons. The SMILES string of the molecule is CN1CC(C(=O)O)C1.Cc1ccc(OCc2ccc(OC(C)C)c(C#N)c2)c(C)n1. The fraction of sp³-hybridized carbons (Fsp3) is 0.435. The summed E-state index contributed by atoms with van der Waals surface area (Å²) < 4.78 is 11.4. The van der Waals surface area contributed by atoms with E-state index in [0.717, 1.165) is 35.8 Å². The highest BCUT2D eigenvalue weighted by Gasteiger charge is 2.29. The van der Waals surface area contributed by atoms with E-state index < -0.39 is 5.97 Å². The van der Waals surface area contributed by atoms with Crippen molar-refractivity contribution in [3.8, 4) is 17.6 Å². The number of hydrogen-bond acceptors (Lipinski definition) is 6. The summed E-state index contributed by atoms with van der Waals surface area (Å²) in [6.45, 7) is 9.57. The number of nitriles is 1. The molecular formula is C23H29N3O4. The van der Waals surface area contributed by atoms with E-state index in [2.05, 4.69) is 11.1 Å². The number of rotatable bonds is 6. The minimum absolute atomic E-state index is 0.0375. The average molecular weight is 412 g/mol. The van der Waals surface area contributed by atoms with Gasteiger partial charge in [0.15, 0.2) is 0 Å². The van der Waals surface area contributed by atoms with Gasteiger partial charge < -0.3 is 19.5 Å². The number of benzene rings is 1. The van der Waals surface area contributed by atoms with Gasteiger partial charge in [0.25, 0.3) is 0 Å². The highest BCUT2D eigenvalue weighted by atomic mass is 16.5. The van der Waals surface area contributed by atoms with Crippen LogP contribution in [0.1, 0.15) is 36.4 Å². The third-order valence-electron chi connectivity index (χ3n) is 4.51. The zero-order valence-corrected chi connectivity index (χ0v) is 18.2. The maximum absolute atomic E-state index is 10.1. The molecule has 1 aromatic heterocycles. The predicted molar refractivity (Wildman–Crippen MR) is 114 cm³/mol. The van der Waals surface area contributed by atoms with Crippen LogP contribution in [0.4, 0.5) is 0 Å². The Balaban J connectivity index is 0.000000335. The number of hydrogen-bond donors (Lipinski definition) is 1. The molecule has 1 aliphatic rings. The summed E-state index contributed by atoms with van der Waals surface area (Å²) in [6.07, 6.45) is 0.0375. The lowest BCUT2D eigenvalue weighted by Crippen LogP contribution is -2.47. The van der Waals surface area contributed by atoms with E-state index in [4.69, 9.17) is 14.6 Å². The quantitative estimate of drug-likeness (QED) is 0.776. The molecule has 0 radical (unpaired) electrons. The van der Waals surface area contributed by atoms with Gasteiger partial charge in [-0.15, -0.1) is 0 Å². The van der Waals surface area contributed by atoms with Gasteiger partial charge in [0.2, 0.25) is 0 Å². The van der Waals surface area contributed by atoms with Gasteiger partial charge in [0.1, 0.15) is 24.2 Å². The van der Waals surface area contributed by atoms with Gasteiger partial charge in [-0.2, -0.15) is 5.26 Å². The molecule has 1 fully saturated rings. The van der Waals surface area contributed by atoms with Crippen LogP contribution in [0.3, 0.4) is 0 Å². The average Bonchev–Trinajstić information content (AvgIpc) is 2.65. The molecule has 0 unspecified atom stereocenters. The number of aryl methyl sites for hydroxylation is 2. The molecule has 1 N–H and O–H groups in total. The van der Waals surface area contributed by atoms with Crippen LogP contribution in [0, 0.1) is 31.1 Å². The fourth-order valence-electron chi connectivity index (χ4n) is 2.95. The number of carboxylic acid groups (broad SMARTS) is 1. The molecule has 0 saturated carbocycles. The summed E-state index contributed by atoms with van der Waals surface area (Å²) in [6, 6.07) is 11.5. The van der Waals surface area contributed by atoms with Gasteiger partial charge in [0, 0.05) is 18.8 Å². The lowest BCUT2D eigenvalue weighted by atomic mass is 10.0. The van der Waals surface area contributed by atoms with Gasteiger partial charge in [-0.3, -0.25) is 9.78 Å². The van der Waals surface area contributed by atoms with Crippen molar-refractivity contribution in [2.75, 3.05) is 20.1 Å². The van der Waals surface area contributed by atoms with E-state index in [-0.39, 0.29) is 12.0 Å². The van der Waals surface area contributed by atoms with Crippen molar-refractivity contribution in [3.05, 3.63) is 52.8 Å². The Morgan fingerprint density at radius 3 is 2.43 bits per heavy atom. The van der Waals surface area contributed by atoms with Crippen molar-refractivity contribution >= 4 is 5.97 Å². The molecule has 1 aromatic carbocycles. The molecule has 30 heavy (non-hydrogen) atoms. The van der Waals surface area contributed by atoms with Crippen LogP contribution >= 0.6 is 0 Å². The van der Waals surface area contributed by atoms with Crippen molar-refractivity contribution in [2.45, 2.75) is 40.4 Å². The molecule has 0 amide bonds. The first-order chi connectivity index (χ1) is 14.2. The molecule has 3 rings (SSSR count). The van der Waals surface area contributed by atoms with Crippen LogP contribution < -0.4 is 9.47 Å². The number of likely N-dealkylation sites (tertiary alicyclic amines) is 1. The van der Waals surface area contributed by atoms with Crippen LogP contribution in [0.25, 0.3) is 0 Å². The van der Waals surface area contributed by atoms with Gasteiger partial charge in [-0.25, -0.2) is 0 Å². The number of nitrogens with zero attached hydrogens (tertiary/aromatic N) is 3. The van der Waals surface area contributed by atoms with Crippen molar-refractivity contribution < 1.29 is 19.4 Å². The molecule has 2 heterocycles. The minimum atomic E-state index is -0.664. The summed E-state index contributed by atoms with van der Waals surface area (Å²) >= 11 is 0. The largest absolute Gasteiger partial charge is 0.490 e. The molecule has 0 atom stereocenters. The fourth-order valence-corrected chi connectivity index (χ4v) is 2.95. The Bertz CT molecular complexity index is 915. The first-order valence-electron chi connectivity index (χ1n) is 9.87. The zero-order chi connectivity index (χ0) is 22.3. The van der Waals surface area contributed by atoms with Crippen LogP contribution in [-0.4, -0.2) is 47.2 Å². The Kier molecular flexibility index (Phi) is 8.19. The van der Waals surface area contributed by atoms with Crippen molar-refractivity contribution in [2.24, 2.45) is 5.92 Å². The van der Waals surface area contributed by atoms with Crippen molar-refractivity contribution in [1.29, 1.82) is 5.26 Å². The van der Waals surface area contributed by atoms with E-state index in [0.29, 0.717) is 17.9 Å². The Labute approximate surface area is 177 Å². The van der Waals surface area contributed by atoms with Crippen LogP contribution in [0.5, 0.6) is 11.5 Å². The maximum Gasteiger partial charge on any atom is 0.309 e. The first-order valence-corrected chi connectivity index (χ1v) is 9.87. The molecule has 0 spiro atoms. The minimum Gasteiger partial charge on any atom is -0.490 e. The van der Waals surface area contributed by atoms with Crippen molar-refractivity contribution in [3.63, 3.8) is 0 Å². The third-order valence-corrected chi connectivity index (χ3v) is 4.51. The zero-order valence-electron chi connectivity index (χ0n) is 18.2. The normalized spacial score (nSPS) is 13.6. The Morgan fingerprint density at radius 1 is 1.27 bits per heavy atom. The Morgan fingerprint density at radius 2 is 1.93 bits per heavy atom. The molecule has 7 nitrogen and oxygen atoms in total. The highest BCUT2D eigenvalue weighted by Crippen LogP contribution is 2.22. The van der Waals surface area contributed by atoms with Gasteiger partial charge in [-0.05, 0) is 64.6 Å². The van der Waals surface area contributed by atoms with E-state index in [1.807, 2.05) is 63.9 Å². The smallest absolute Gasteiger partial charge is 0.309 e. The van der Waals surface area contributed by atoms with Gasteiger partial charge >= 0.3 is 5.97 Å². The number of carboxylic acids is 1. The highest BCUT2D eigenvalue weighted by molar-refractivity contribution is 5.71. The first kappa shape index (κ1) is 23.2. The van der Waals surface area contributed by atoms with E-state index in [1.165, 1.54) is 0 Å². The summed E-state index contributed by atoms with van der Waals surface area (Å²) in [7, 11) is 1.92. The third kappa shape index (κ3) is 6.75. The summed E-state index contributed by atoms with van der Waals surface area (Å²) in [4.78, 5) is 16.5. The molecule has 2 aromatic rings. The summed E-state index contributed by atoms with van der Waals surface area (Å²) in [5.74, 6) is 0.601. The topological polar surface area (TPSA) is 95.7 Å². The standard InChI is InChI=1S/C18H20N2O2.C5H9NO2/c1-12(2)22-18-8-6-15(9-16(18)10-19)11-21-17-7-5-13(3)20-14(17)4;1-6-2-4(3-6)5(7)8/h5-9,12H,11H2,1-4H3;4H,2-3H2,1H3,(H,7,8). The monoisotopic (exact) mass is 411 g/mol. The van der Waals surface area contributed by atoms with Gasteiger partial charge in [0.05, 0.1) is 23.3 Å². The molecular weight excluding hydrogens is 382 g/mol. The van der Waals surface area contributed by atoms with Crippen LogP contribution in [-0.2, 0) is 11.4 Å². The molecule has 0 bridgehead atoms. The van der Waals surface area contributed by atoms with E-state index in [9.17, 15) is 10.1 Å². The predicted octanol–water partition coefficient (Wildman–Crippen LogP) is 3.57. The summed E-state index contributed by atoms with van der Waals surface area (Å²) in [5.41, 5.74) is 3.27. The number of pyridine rings is 1. The second-order valence-electron chi connectivity index (χ2n) is 7.69. The van der Waals surface area contributed by atoms with Crippen LogP contribution in [0.2, 0.25) is 0 Å². The number of carbonyl (C=O) groups is 1. The van der Waals surface area contributed by atoms with Crippen molar-refractivity contribution in [1.82, 2.24) is 9.88 Å². The number of aromatic nitrogens is 1. The van der Waals surface area contributed by atoms with Crippen LogP contribution in [0.15, 0.2) is 30.3 Å². The molecule has 1 saturated heterocycles. The molecule has 0 aliphatic carbocycles. The summed E-state index contributed by atoms with van der Waals surface area (Å²) in [5, 5.41) is 17.6. The maximum atomic E-state index is 10.1. The van der Waals surface area contributed by atoms with E-state index >= 15 is 0 Å². The number of aliphatic carboxylic acids is 1. The lowest BCUT2D eigenvalue weighted by Gasteiger charge is -2.32. The number of ether oxygens (including phenoxy) is 2. The second kappa shape index (κ2) is 10.6. The van der Waals surface area contributed by atoms with Gasteiger partial charge in [-0.1, -0.05) is 6.07 Å². The second-order valence-corrected chi connectivity index (χ2v) is 7.69. The molecule has 1 aliphatic heterocycles. The lowest BCUT2D eigenvalue weighted by molar-refractivity contribution is -0.146.